The molecule has 1 unspecified atom stereocenters. The molecule has 2 aliphatic carbocycles. The molecule has 0 radical (unpaired) electrons. The number of carboxylic acids is 1. The molecule has 2 aliphatic rings. The van der Waals surface area contributed by atoms with Gasteiger partial charge >= 0.3 is 5.97 Å². The normalized spacial score (nSPS) is 19.7. The molecule has 0 aliphatic heterocycles. The van der Waals surface area contributed by atoms with Crippen molar-refractivity contribution in [3.63, 3.8) is 0 Å². The molecule has 0 saturated heterocycles. The highest BCUT2D eigenvalue weighted by molar-refractivity contribution is 9.10. The van der Waals surface area contributed by atoms with E-state index < -0.39 is 5.97 Å². The van der Waals surface area contributed by atoms with Crippen LogP contribution in [0.1, 0.15) is 43.6 Å². The first kappa shape index (κ1) is 13.9. The molecule has 0 heterocycles. The number of ether oxygens (including phenoxy) is 1. The Morgan fingerprint density at radius 1 is 1.40 bits per heavy atom. The Kier molecular flexibility index (Phi) is 3.71. The molecular formula is C15H16BrFO3. The second-order valence-electron chi connectivity index (χ2n) is 5.66. The Morgan fingerprint density at radius 3 is 2.65 bits per heavy atom. The van der Waals surface area contributed by atoms with E-state index in [1.54, 1.807) is 0 Å². The third-order valence-electron chi connectivity index (χ3n) is 3.83. The van der Waals surface area contributed by atoms with Crippen molar-refractivity contribution in [3.8, 4) is 5.75 Å². The molecule has 0 bridgehead atoms. The minimum atomic E-state index is -0.848. The summed E-state index contributed by atoms with van der Waals surface area (Å²) in [7, 11) is 0. The molecule has 20 heavy (non-hydrogen) atoms. The van der Waals surface area contributed by atoms with Gasteiger partial charge in [-0.1, -0.05) is 0 Å². The van der Waals surface area contributed by atoms with E-state index in [1.165, 1.54) is 12.1 Å². The van der Waals surface area contributed by atoms with E-state index >= 15 is 0 Å². The number of aliphatic carboxylic acids is 1. The van der Waals surface area contributed by atoms with Crippen LogP contribution in [0.25, 0.3) is 0 Å². The van der Waals surface area contributed by atoms with E-state index in [4.69, 9.17) is 9.84 Å². The quantitative estimate of drug-likeness (QED) is 0.846. The fourth-order valence-electron chi connectivity index (χ4n) is 2.55. The van der Waals surface area contributed by atoms with Crippen molar-refractivity contribution >= 4 is 21.9 Å². The van der Waals surface area contributed by atoms with Crippen LogP contribution in [0.2, 0.25) is 0 Å². The maximum Gasteiger partial charge on any atom is 0.303 e. The van der Waals surface area contributed by atoms with Crippen LogP contribution in [0.3, 0.4) is 0 Å². The Hall–Kier alpha value is -1.10. The first-order valence-electron chi connectivity index (χ1n) is 6.92. The second kappa shape index (κ2) is 5.35. The predicted octanol–water partition coefficient (Wildman–Crippen LogP) is 4.10. The van der Waals surface area contributed by atoms with Gasteiger partial charge in [-0.15, -0.1) is 0 Å². The summed E-state index contributed by atoms with van der Waals surface area (Å²) >= 11 is 3.35. The first-order valence-corrected chi connectivity index (χ1v) is 7.71. The van der Waals surface area contributed by atoms with Crippen molar-refractivity contribution in [1.29, 1.82) is 0 Å². The highest BCUT2D eigenvalue weighted by Gasteiger charge is 2.37. The fourth-order valence-corrected chi connectivity index (χ4v) is 3.09. The highest BCUT2D eigenvalue weighted by Crippen LogP contribution is 2.49. The number of halogens is 2. The molecule has 1 atom stereocenters. The Morgan fingerprint density at radius 2 is 2.10 bits per heavy atom. The van der Waals surface area contributed by atoms with Crippen LogP contribution in [0.5, 0.6) is 5.75 Å². The van der Waals surface area contributed by atoms with Crippen LogP contribution < -0.4 is 4.74 Å². The van der Waals surface area contributed by atoms with Crippen molar-refractivity contribution in [2.75, 3.05) is 0 Å². The molecule has 0 amide bonds. The molecule has 2 saturated carbocycles. The standard InChI is InChI=1S/C15H16BrFO3/c16-13-6-9(17)5-12(15(13)20-10-3-4-10)11(7-14(18)19)8-1-2-8/h5-6,8,10-11H,1-4,7H2,(H,18,19). The van der Waals surface area contributed by atoms with Gasteiger partial charge in [0.15, 0.2) is 0 Å². The van der Waals surface area contributed by atoms with Gasteiger partial charge in [0, 0.05) is 11.5 Å². The van der Waals surface area contributed by atoms with Crippen LogP contribution in [0, 0.1) is 11.7 Å². The molecule has 0 spiro atoms. The third-order valence-corrected chi connectivity index (χ3v) is 4.42. The van der Waals surface area contributed by atoms with Gasteiger partial charge in [0.05, 0.1) is 17.0 Å². The number of carbonyl (C=O) groups is 1. The lowest BCUT2D eigenvalue weighted by Crippen LogP contribution is -2.11. The number of hydrogen-bond donors (Lipinski definition) is 1. The van der Waals surface area contributed by atoms with Crippen molar-refractivity contribution in [2.45, 2.75) is 44.1 Å². The zero-order valence-electron chi connectivity index (χ0n) is 10.9. The summed E-state index contributed by atoms with van der Waals surface area (Å²) in [5.41, 5.74) is 0.702. The summed E-state index contributed by atoms with van der Waals surface area (Å²) in [6, 6.07) is 2.82. The van der Waals surface area contributed by atoms with Crippen LogP contribution in [-0.4, -0.2) is 17.2 Å². The van der Waals surface area contributed by atoms with Crippen molar-refractivity contribution < 1.29 is 19.0 Å². The molecule has 2 fully saturated rings. The van der Waals surface area contributed by atoms with E-state index in [9.17, 15) is 9.18 Å². The van der Waals surface area contributed by atoms with Gasteiger partial charge in [0.25, 0.3) is 0 Å². The molecular weight excluding hydrogens is 327 g/mol. The van der Waals surface area contributed by atoms with E-state index in [0.29, 0.717) is 21.7 Å². The van der Waals surface area contributed by atoms with Crippen LogP contribution >= 0.6 is 15.9 Å². The monoisotopic (exact) mass is 342 g/mol. The molecule has 0 aromatic heterocycles. The topological polar surface area (TPSA) is 46.5 Å². The zero-order chi connectivity index (χ0) is 14.3. The molecule has 5 heteroatoms. The highest BCUT2D eigenvalue weighted by atomic mass is 79.9. The van der Waals surface area contributed by atoms with Gasteiger partial charge in [-0.25, -0.2) is 4.39 Å². The third kappa shape index (κ3) is 3.14. The summed E-state index contributed by atoms with van der Waals surface area (Å²) in [5.74, 6) is -0.396. The number of carboxylic acid groups (broad SMARTS) is 1. The molecule has 3 nitrogen and oxygen atoms in total. The van der Waals surface area contributed by atoms with Gasteiger partial charge in [0.2, 0.25) is 0 Å². The zero-order valence-corrected chi connectivity index (χ0v) is 12.5. The predicted molar refractivity (Wildman–Crippen MR) is 75.5 cm³/mol. The van der Waals surface area contributed by atoms with Crippen LogP contribution in [0.15, 0.2) is 16.6 Å². The Labute approximate surface area is 125 Å². The summed E-state index contributed by atoms with van der Waals surface area (Å²) in [4.78, 5) is 11.1. The van der Waals surface area contributed by atoms with Crippen LogP contribution in [0.4, 0.5) is 4.39 Å². The summed E-state index contributed by atoms with van der Waals surface area (Å²) < 4.78 is 20.2. The SMILES string of the molecule is O=C(O)CC(c1cc(F)cc(Br)c1OC1CC1)C1CC1. The largest absolute Gasteiger partial charge is 0.489 e. The minimum absolute atomic E-state index is 0.0294. The fraction of sp³-hybridized carbons (Fsp3) is 0.533. The smallest absolute Gasteiger partial charge is 0.303 e. The minimum Gasteiger partial charge on any atom is -0.489 e. The molecule has 3 rings (SSSR count). The number of hydrogen-bond acceptors (Lipinski definition) is 2. The molecule has 1 aromatic carbocycles. The van der Waals surface area contributed by atoms with E-state index in [-0.39, 0.29) is 24.3 Å². The molecule has 1 N–H and O–H groups in total. The van der Waals surface area contributed by atoms with Crippen molar-refractivity contribution in [3.05, 3.63) is 28.0 Å². The lowest BCUT2D eigenvalue weighted by Gasteiger charge is -2.20. The summed E-state index contributed by atoms with van der Waals surface area (Å²) in [6.45, 7) is 0. The first-order chi connectivity index (χ1) is 9.54. The van der Waals surface area contributed by atoms with Crippen molar-refractivity contribution in [1.82, 2.24) is 0 Å². The van der Waals surface area contributed by atoms with E-state index in [1.807, 2.05) is 0 Å². The van der Waals surface area contributed by atoms with E-state index in [2.05, 4.69) is 15.9 Å². The van der Waals surface area contributed by atoms with Crippen LogP contribution in [-0.2, 0) is 4.79 Å². The lowest BCUT2D eigenvalue weighted by atomic mass is 9.90. The second-order valence-corrected chi connectivity index (χ2v) is 6.52. The summed E-state index contributed by atoms with van der Waals surface area (Å²) in [5, 5.41) is 9.10. The Balaban J connectivity index is 1.97. The van der Waals surface area contributed by atoms with Gasteiger partial charge in [0.1, 0.15) is 11.6 Å². The lowest BCUT2D eigenvalue weighted by molar-refractivity contribution is -0.137. The maximum absolute atomic E-state index is 13.7. The average molecular weight is 343 g/mol. The Bertz CT molecular complexity index is 538. The number of rotatable bonds is 6. The number of benzene rings is 1. The van der Waals surface area contributed by atoms with Gasteiger partial charge in [-0.3, -0.25) is 4.79 Å². The molecule has 1 aromatic rings. The van der Waals surface area contributed by atoms with Gasteiger partial charge < -0.3 is 9.84 Å². The van der Waals surface area contributed by atoms with Crippen molar-refractivity contribution in [2.24, 2.45) is 5.92 Å². The summed E-state index contributed by atoms with van der Waals surface area (Å²) in [6.07, 6.45) is 4.26. The van der Waals surface area contributed by atoms with Gasteiger partial charge in [-0.2, -0.15) is 0 Å². The molecule has 108 valence electrons. The van der Waals surface area contributed by atoms with Gasteiger partial charge in [-0.05, 0) is 59.7 Å². The average Bonchev–Trinajstić information content (AvgIpc) is 3.23. The maximum atomic E-state index is 13.7. The van der Waals surface area contributed by atoms with E-state index in [0.717, 1.165) is 25.7 Å².